The van der Waals surface area contributed by atoms with Gasteiger partial charge < -0.3 is 4.52 Å². The van der Waals surface area contributed by atoms with E-state index < -0.39 is 11.6 Å². The highest BCUT2D eigenvalue weighted by Gasteiger charge is 2.09. The van der Waals surface area contributed by atoms with Crippen molar-refractivity contribution in [2.75, 3.05) is 0 Å². The third-order valence-electron chi connectivity index (χ3n) is 1.51. The quantitative estimate of drug-likeness (QED) is 0.736. The molecule has 3 nitrogen and oxygen atoms in total. The van der Waals surface area contributed by atoms with Crippen LogP contribution in [0, 0.1) is 11.6 Å². The first-order valence-electron chi connectivity index (χ1n) is 3.61. The Morgan fingerprint density at radius 3 is 2.29 bits per heavy atom. The minimum Gasteiger partial charge on any atom is -0.333 e. The lowest BCUT2D eigenvalue weighted by Gasteiger charge is -1.94. The van der Waals surface area contributed by atoms with E-state index in [0.29, 0.717) is 0 Å². The van der Waals surface area contributed by atoms with Crippen LogP contribution in [0.3, 0.4) is 0 Å². The number of aromatic nitrogens is 2. The van der Waals surface area contributed by atoms with Gasteiger partial charge in [-0.1, -0.05) is 0 Å². The summed E-state index contributed by atoms with van der Waals surface area (Å²) in [6.45, 7) is 0. The van der Waals surface area contributed by atoms with Crippen LogP contribution in [0.1, 0.15) is 0 Å². The molecule has 0 aliphatic heterocycles. The molecule has 1 aromatic carbocycles. The zero-order chi connectivity index (χ0) is 10.1. The van der Waals surface area contributed by atoms with Crippen LogP contribution in [-0.4, -0.2) is 10.1 Å². The molecule has 1 aromatic heterocycles. The molecule has 2 rings (SSSR count). The van der Waals surface area contributed by atoms with Gasteiger partial charge in [-0.15, -0.1) is 0 Å². The molecule has 6 heteroatoms. The van der Waals surface area contributed by atoms with Crippen LogP contribution in [-0.2, 0) is 0 Å². The molecule has 0 atom stereocenters. The number of benzene rings is 1. The molecule has 0 bridgehead atoms. The molecular weight excluding hydrogens is 214 g/mol. The second-order valence-corrected chi connectivity index (χ2v) is 2.86. The first kappa shape index (κ1) is 9.08. The lowest BCUT2D eigenvalue weighted by atomic mass is 10.2. The standard InChI is InChI=1S/C8H3ClF2N2O/c9-8-12-7(14-13-8)4-1-5(10)3-6(11)2-4/h1-3H. The third-order valence-corrected chi connectivity index (χ3v) is 1.66. The van der Waals surface area contributed by atoms with E-state index in [-0.39, 0.29) is 16.7 Å². The Balaban J connectivity index is 2.51. The fourth-order valence-corrected chi connectivity index (χ4v) is 1.11. The van der Waals surface area contributed by atoms with Crippen molar-refractivity contribution >= 4 is 11.6 Å². The fourth-order valence-electron chi connectivity index (χ4n) is 1.00. The van der Waals surface area contributed by atoms with Crippen molar-refractivity contribution in [3.05, 3.63) is 35.1 Å². The van der Waals surface area contributed by atoms with Gasteiger partial charge in [-0.25, -0.2) is 8.78 Å². The first-order chi connectivity index (χ1) is 6.65. The lowest BCUT2D eigenvalue weighted by Crippen LogP contribution is -1.83. The molecule has 0 spiro atoms. The molecule has 0 amide bonds. The van der Waals surface area contributed by atoms with Crippen LogP contribution in [0.5, 0.6) is 0 Å². The zero-order valence-electron chi connectivity index (χ0n) is 6.67. The monoisotopic (exact) mass is 216 g/mol. The second kappa shape index (κ2) is 3.34. The Morgan fingerprint density at radius 1 is 1.14 bits per heavy atom. The number of hydrogen-bond donors (Lipinski definition) is 0. The Kier molecular flexibility index (Phi) is 2.17. The minimum absolute atomic E-state index is 0.0200. The maximum absolute atomic E-state index is 12.8. The van der Waals surface area contributed by atoms with E-state index in [1.807, 2.05) is 0 Å². The average Bonchev–Trinajstić information content (AvgIpc) is 2.50. The maximum atomic E-state index is 12.8. The second-order valence-electron chi connectivity index (χ2n) is 2.53. The summed E-state index contributed by atoms with van der Waals surface area (Å²) in [5.74, 6) is -1.45. The number of nitrogens with zero attached hydrogens (tertiary/aromatic N) is 2. The SMILES string of the molecule is Fc1cc(F)cc(-c2nc(Cl)no2)c1. The average molecular weight is 217 g/mol. The summed E-state index contributed by atoms with van der Waals surface area (Å²) >= 11 is 5.39. The molecule has 0 N–H and O–H groups in total. The van der Waals surface area contributed by atoms with Crippen LogP contribution >= 0.6 is 11.6 Å². The van der Waals surface area contributed by atoms with E-state index >= 15 is 0 Å². The van der Waals surface area contributed by atoms with Gasteiger partial charge in [0.05, 0.1) is 0 Å². The maximum Gasteiger partial charge on any atom is 0.264 e. The van der Waals surface area contributed by atoms with Crippen LogP contribution in [0.25, 0.3) is 11.5 Å². The third kappa shape index (κ3) is 1.72. The van der Waals surface area contributed by atoms with Gasteiger partial charge in [0.2, 0.25) is 0 Å². The van der Waals surface area contributed by atoms with E-state index in [0.717, 1.165) is 18.2 Å². The van der Waals surface area contributed by atoms with Gasteiger partial charge in [-0.3, -0.25) is 0 Å². The number of halogens is 3. The first-order valence-corrected chi connectivity index (χ1v) is 3.98. The summed E-state index contributed by atoms with van der Waals surface area (Å²) in [4.78, 5) is 3.62. The Bertz CT molecular complexity index is 452. The summed E-state index contributed by atoms with van der Waals surface area (Å²) in [5, 5.41) is 3.18. The smallest absolute Gasteiger partial charge is 0.264 e. The van der Waals surface area contributed by atoms with Crippen molar-refractivity contribution in [3.63, 3.8) is 0 Å². The van der Waals surface area contributed by atoms with Crippen molar-refractivity contribution in [2.45, 2.75) is 0 Å². The summed E-state index contributed by atoms with van der Waals surface area (Å²) in [6, 6.07) is 2.90. The molecular formula is C8H3ClF2N2O. The van der Waals surface area contributed by atoms with Gasteiger partial charge in [0.25, 0.3) is 11.2 Å². The van der Waals surface area contributed by atoms with Crippen molar-refractivity contribution in [2.24, 2.45) is 0 Å². The molecule has 2 aromatic rings. The minimum atomic E-state index is -0.714. The van der Waals surface area contributed by atoms with Crippen LogP contribution in [0.2, 0.25) is 5.28 Å². The van der Waals surface area contributed by atoms with Gasteiger partial charge in [0.1, 0.15) is 11.6 Å². The highest BCUT2D eigenvalue weighted by atomic mass is 35.5. The number of hydrogen-bond acceptors (Lipinski definition) is 3. The summed E-state index contributed by atoms with van der Waals surface area (Å²) in [6.07, 6.45) is 0. The van der Waals surface area contributed by atoms with Crippen molar-refractivity contribution in [3.8, 4) is 11.5 Å². The van der Waals surface area contributed by atoms with E-state index in [2.05, 4.69) is 14.7 Å². The molecule has 0 aliphatic rings. The van der Waals surface area contributed by atoms with Crippen LogP contribution in [0.15, 0.2) is 22.7 Å². The Labute approximate surface area is 82.3 Å². The van der Waals surface area contributed by atoms with E-state index in [4.69, 9.17) is 11.6 Å². The van der Waals surface area contributed by atoms with Crippen LogP contribution < -0.4 is 0 Å². The summed E-state index contributed by atoms with van der Waals surface area (Å²) in [5.41, 5.74) is 0.155. The van der Waals surface area contributed by atoms with Crippen molar-refractivity contribution < 1.29 is 13.3 Å². The molecule has 0 saturated heterocycles. The van der Waals surface area contributed by atoms with E-state index in [9.17, 15) is 8.78 Å². The molecule has 0 fully saturated rings. The molecule has 72 valence electrons. The molecule has 14 heavy (non-hydrogen) atoms. The topological polar surface area (TPSA) is 38.9 Å². The molecule has 0 saturated carbocycles. The Morgan fingerprint density at radius 2 is 1.79 bits per heavy atom. The zero-order valence-corrected chi connectivity index (χ0v) is 7.42. The van der Waals surface area contributed by atoms with Gasteiger partial charge in [0, 0.05) is 11.6 Å². The van der Waals surface area contributed by atoms with Gasteiger partial charge in [-0.05, 0) is 28.9 Å². The molecule has 1 heterocycles. The number of rotatable bonds is 1. The highest BCUT2D eigenvalue weighted by molar-refractivity contribution is 6.28. The normalized spacial score (nSPS) is 10.5. The molecule has 0 radical (unpaired) electrons. The largest absolute Gasteiger partial charge is 0.333 e. The Hall–Kier alpha value is -1.49. The fraction of sp³-hybridized carbons (Fsp3) is 0. The predicted molar refractivity (Wildman–Crippen MR) is 44.7 cm³/mol. The van der Waals surface area contributed by atoms with Crippen LogP contribution in [0.4, 0.5) is 8.78 Å². The molecule has 0 unspecified atom stereocenters. The lowest BCUT2D eigenvalue weighted by molar-refractivity contribution is 0.429. The summed E-state index contributed by atoms with van der Waals surface area (Å²) in [7, 11) is 0. The van der Waals surface area contributed by atoms with E-state index in [1.54, 1.807) is 0 Å². The highest BCUT2D eigenvalue weighted by Crippen LogP contribution is 2.20. The van der Waals surface area contributed by atoms with Gasteiger partial charge >= 0.3 is 0 Å². The predicted octanol–water partition coefficient (Wildman–Crippen LogP) is 2.67. The van der Waals surface area contributed by atoms with Crippen molar-refractivity contribution in [1.29, 1.82) is 0 Å². The van der Waals surface area contributed by atoms with Crippen molar-refractivity contribution in [1.82, 2.24) is 10.1 Å². The van der Waals surface area contributed by atoms with E-state index in [1.165, 1.54) is 0 Å². The molecule has 0 aliphatic carbocycles. The van der Waals surface area contributed by atoms with Gasteiger partial charge in [-0.2, -0.15) is 4.98 Å². The van der Waals surface area contributed by atoms with Gasteiger partial charge in [0.15, 0.2) is 0 Å². The summed E-state index contributed by atoms with van der Waals surface area (Å²) < 4.78 is 30.1.